The Bertz CT molecular complexity index is 1560. The molecule has 0 radical (unpaired) electrons. The molecule has 3 amide bonds. The lowest BCUT2D eigenvalue weighted by atomic mass is 9.74. The Morgan fingerprint density at radius 2 is 1.77 bits per heavy atom. The van der Waals surface area contributed by atoms with Crippen molar-refractivity contribution in [3.63, 3.8) is 0 Å². The molecule has 1 aromatic heterocycles. The summed E-state index contributed by atoms with van der Waals surface area (Å²) in [4.78, 5) is 48.8. The van der Waals surface area contributed by atoms with Crippen molar-refractivity contribution in [2.75, 3.05) is 13.6 Å². The van der Waals surface area contributed by atoms with Crippen molar-refractivity contribution in [3.8, 4) is 0 Å². The molecule has 1 saturated heterocycles. The van der Waals surface area contributed by atoms with Crippen LogP contribution in [0.3, 0.4) is 0 Å². The lowest BCUT2D eigenvalue weighted by molar-refractivity contribution is -0.149. The Morgan fingerprint density at radius 1 is 1.05 bits per heavy atom. The number of carbonyl (C=O) groups excluding carboxylic acids is 3. The highest BCUT2D eigenvalue weighted by Crippen LogP contribution is 2.66. The first-order chi connectivity index (χ1) is 20.7. The minimum Gasteiger partial charge on any atom is -0.391 e. The van der Waals surface area contributed by atoms with Crippen molar-refractivity contribution in [1.29, 1.82) is 0 Å². The number of likely N-dealkylation sites (tertiary alicyclic amines) is 1. The van der Waals surface area contributed by atoms with Gasteiger partial charge in [-0.1, -0.05) is 52.3 Å². The molecule has 5 fully saturated rings. The van der Waals surface area contributed by atoms with Crippen LogP contribution in [-0.2, 0) is 27.3 Å². The summed E-state index contributed by atoms with van der Waals surface area (Å²) in [5.41, 5.74) is 2.48. The SMILES string of the molecule is CN(Cc1ccccc1Br)C(=O)[C@@H](Cc1c[nH]c2ccccc12)NC(=O)C1C[C@@H](O)CN1C(=O)C12CC3CC(CC1C3)C2. The van der Waals surface area contributed by atoms with Crippen molar-refractivity contribution in [1.82, 2.24) is 20.1 Å². The Morgan fingerprint density at radius 3 is 2.53 bits per heavy atom. The van der Waals surface area contributed by atoms with Crippen LogP contribution in [0.5, 0.6) is 0 Å². The van der Waals surface area contributed by atoms with Crippen LogP contribution in [0.1, 0.15) is 49.7 Å². The largest absolute Gasteiger partial charge is 0.391 e. The summed E-state index contributed by atoms with van der Waals surface area (Å²) in [5, 5.41) is 14.8. The van der Waals surface area contributed by atoms with E-state index < -0.39 is 18.2 Å². The average molecular weight is 648 g/mol. The van der Waals surface area contributed by atoms with E-state index in [1.165, 1.54) is 6.42 Å². The maximum absolute atomic E-state index is 14.2. The van der Waals surface area contributed by atoms with Crippen molar-refractivity contribution >= 4 is 44.6 Å². The van der Waals surface area contributed by atoms with Gasteiger partial charge in [0.2, 0.25) is 17.7 Å². The fourth-order valence-electron chi connectivity index (χ4n) is 8.93. The monoisotopic (exact) mass is 646 g/mol. The minimum atomic E-state index is -0.842. The first-order valence-electron chi connectivity index (χ1n) is 15.5. The Hall–Kier alpha value is -3.17. The number of aliphatic hydroxyl groups is 1. The summed E-state index contributed by atoms with van der Waals surface area (Å²) in [6.07, 6.45) is 6.90. The van der Waals surface area contributed by atoms with Crippen LogP contribution in [0.15, 0.2) is 59.2 Å². The van der Waals surface area contributed by atoms with Gasteiger partial charge in [-0.25, -0.2) is 0 Å². The number of H-pyrrole nitrogens is 1. The number of nitrogens with one attached hydrogen (secondary N) is 2. The number of carbonyl (C=O) groups is 3. The number of aliphatic hydroxyl groups excluding tert-OH is 1. The van der Waals surface area contributed by atoms with E-state index in [0.717, 1.165) is 52.2 Å². The van der Waals surface area contributed by atoms with Crippen LogP contribution in [0.2, 0.25) is 0 Å². The van der Waals surface area contributed by atoms with Crippen LogP contribution >= 0.6 is 15.9 Å². The number of benzene rings is 2. The fraction of sp³-hybridized carbons (Fsp3) is 0.500. The number of likely N-dealkylation sites (N-methyl/N-ethyl adjacent to an activating group) is 1. The maximum atomic E-state index is 14.2. The van der Waals surface area contributed by atoms with Crippen molar-refractivity contribution in [3.05, 3.63) is 70.3 Å². The van der Waals surface area contributed by atoms with E-state index in [2.05, 4.69) is 26.2 Å². The lowest BCUT2D eigenvalue weighted by Gasteiger charge is -2.37. The summed E-state index contributed by atoms with van der Waals surface area (Å²) in [7, 11) is 1.75. The van der Waals surface area contributed by atoms with Crippen LogP contribution < -0.4 is 5.32 Å². The number of nitrogens with zero attached hydrogens (tertiary/aromatic N) is 2. The zero-order valence-electron chi connectivity index (χ0n) is 24.5. The molecule has 8 rings (SSSR count). The van der Waals surface area contributed by atoms with Gasteiger partial charge in [0.05, 0.1) is 11.5 Å². The highest BCUT2D eigenvalue weighted by Gasteiger charge is 2.63. The van der Waals surface area contributed by atoms with Gasteiger partial charge in [0, 0.05) is 54.6 Å². The summed E-state index contributed by atoms with van der Waals surface area (Å²) in [6, 6.07) is 14.0. The Labute approximate surface area is 260 Å². The van der Waals surface area contributed by atoms with E-state index in [-0.39, 0.29) is 36.1 Å². The maximum Gasteiger partial charge on any atom is 0.245 e. The standard InChI is InChI=1S/C34H39BrN4O4/c1-38(18-22-6-2-4-8-27(22)35)32(42)29(13-23-17-36-28-9-5-3-7-26(23)28)37-31(41)30-14-25(40)19-39(30)33(43)34-15-20-10-21(16-34)12-24(34)11-20/h2-9,17,20-21,24-25,29-30,36,40H,10-16,18-19H2,1H3,(H,37,41)/t20?,21?,24?,25-,29-,30?,34?/m1/s1. The molecule has 8 nitrogen and oxygen atoms in total. The van der Waals surface area contributed by atoms with Crippen LogP contribution in [-0.4, -0.2) is 69.4 Å². The van der Waals surface area contributed by atoms with E-state index >= 15 is 0 Å². The number of hydrogen-bond donors (Lipinski definition) is 3. The average Bonchev–Trinajstić information content (AvgIpc) is 3.72. The quantitative estimate of drug-likeness (QED) is 0.337. The molecule has 4 saturated carbocycles. The summed E-state index contributed by atoms with van der Waals surface area (Å²) in [6.45, 7) is 0.545. The molecule has 5 atom stereocenters. The third-order valence-electron chi connectivity index (χ3n) is 10.7. The minimum absolute atomic E-state index is 0.0458. The van der Waals surface area contributed by atoms with Gasteiger partial charge in [-0.15, -0.1) is 0 Å². The summed E-state index contributed by atoms with van der Waals surface area (Å²) < 4.78 is 0.912. The summed E-state index contributed by atoms with van der Waals surface area (Å²) in [5.74, 6) is 1.08. The molecule has 3 aromatic rings. The van der Waals surface area contributed by atoms with Crippen molar-refractivity contribution in [2.45, 2.75) is 69.7 Å². The van der Waals surface area contributed by atoms with E-state index in [1.54, 1.807) is 16.8 Å². The topological polar surface area (TPSA) is 106 Å². The van der Waals surface area contributed by atoms with Crippen LogP contribution in [0.4, 0.5) is 0 Å². The van der Waals surface area contributed by atoms with Gasteiger partial charge >= 0.3 is 0 Å². The molecular formula is C34H39BrN4O4. The number of aromatic amines is 1. The molecule has 2 heterocycles. The van der Waals surface area contributed by atoms with Crippen molar-refractivity contribution < 1.29 is 19.5 Å². The normalized spacial score (nSPS) is 29.7. The molecule has 5 aliphatic rings. The predicted octanol–water partition coefficient (Wildman–Crippen LogP) is 4.40. The highest BCUT2D eigenvalue weighted by molar-refractivity contribution is 9.10. The molecule has 3 N–H and O–H groups in total. The highest BCUT2D eigenvalue weighted by atomic mass is 79.9. The molecule has 3 unspecified atom stereocenters. The molecular weight excluding hydrogens is 608 g/mol. The number of fused-ring (bicyclic) bond motifs is 1. The van der Waals surface area contributed by atoms with E-state index in [1.807, 2.05) is 54.7 Å². The van der Waals surface area contributed by atoms with Gasteiger partial charge in [0.1, 0.15) is 12.1 Å². The lowest BCUT2D eigenvalue weighted by Crippen LogP contribution is -2.56. The zero-order chi connectivity index (χ0) is 29.9. The molecule has 4 aliphatic carbocycles. The molecule has 4 bridgehead atoms. The van der Waals surface area contributed by atoms with Gasteiger partial charge in [-0.2, -0.15) is 0 Å². The van der Waals surface area contributed by atoms with E-state index in [0.29, 0.717) is 30.7 Å². The van der Waals surface area contributed by atoms with Crippen LogP contribution in [0, 0.1) is 23.2 Å². The molecule has 2 aromatic carbocycles. The molecule has 226 valence electrons. The molecule has 0 spiro atoms. The van der Waals surface area contributed by atoms with Crippen LogP contribution in [0.25, 0.3) is 10.9 Å². The third-order valence-corrected chi connectivity index (χ3v) is 11.5. The number of amides is 3. The van der Waals surface area contributed by atoms with Gasteiger partial charge in [0.25, 0.3) is 0 Å². The smallest absolute Gasteiger partial charge is 0.245 e. The zero-order valence-corrected chi connectivity index (χ0v) is 26.1. The van der Waals surface area contributed by atoms with Crippen molar-refractivity contribution in [2.24, 2.45) is 23.2 Å². The predicted molar refractivity (Wildman–Crippen MR) is 167 cm³/mol. The number of hydrogen-bond acceptors (Lipinski definition) is 4. The number of β-amino-alcohol motifs (C(OH)–C–C–N with tert-alkyl or cyclic N) is 1. The molecule has 43 heavy (non-hydrogen) atoms. The van der Waals surface area contributed by atoms with Gasteiger partial charge in [0.15, 0.2) is 0 Å². The number of para-hydroxylation sites is 1. The van der Waals surface area contributed by atoms with Gasteiger partial charge < -0.3 is 25.2 Å². The van der Waals surface area contributed by atoms with E-state index in [9.17, 15) is 19.5 Å². The Kier molecular flexibility index (Phi) is 7.37. The first-order valence-corrected chi connectivity index (χ1v) is 16.3. The third kappa shape index (κ3) is 5.08. The number of rotatable bonds is 8. The number of aromatic nitrogens is 1. The van der Waals surface area contributed by atoms with E-state index in [4.69, 9.17) is 0 Å². The first kappa shape index (κ1) is 28.6. The second kappa shape index (κ2) is 11.1. The molecule has 1 aliphatic heterocycles. The summed E-state index contributed by atoms with van der Waals surface area (Å²) >= 11 is 3.58. The van der Waals surface area contributed by atoms with Gasteiger partial charge in [-0.3, -0.25) is 14.4 Å². The van der Waals surface area contributed by atoms with Gasteiger partial charge in [-0.05, 0) is 73.1 Å². The fourth-order valence-corrected chi connectivity index (χ4v) is 9.34. The number of halogens is 1. The Balaban J connectivity index is 1.14. The molecule has 9 heteroatoms. The second-order valence-electron chi connectivity index (χ2n) is 13.5. The second-order valence-corrected chi connectivity index (χ2v) is 14.3.